The van der Waals surface area contributed by atoms with Gasteiger partial charge in [0.05, 0.1) is 0 Å². The molecule has 0 atom stereocenters. The number of nitrogens with two attached hydrogens (primary N) is 1. The fourth-order valence-corrected chi connectivity index (χ4v) is 1.94. The molecule has 0 radical (unpaired) electrons. The SMILES string of the molecule is CCCn1ccnc1C(=O)c1cc(N)ccc1C. The number of imidazole rings is 1. The number of aryl methyl sites for hydroxylation is 2. The number of carbonyl (C=O) groups excluding carboxylic acids is 1. The first-order chi connectivity index (χ1) is 8.63. The first-order valence-electron chi connectivity index (χ1n) is 6.05. The second-order valence-electron chi connectivity index (χ2n) is 4.35. The van der Waals surface area contributed by atoms with Gasteiger partial charge in [-0.15, -0.1) is 0 Å². The van der Waals surface area contributed by atoms with E-state index in [4.69, 9.17) is 5.73 Å². The predicted molar refractivity (Wildman–Crippen MR) is 71.5 cm³/mol. The zero-order valence-electron chi connectivity index (χ0n) is 10.7. The molecule has 0 unspecified atom stereocenters. The van der Waals surface area contributed by atoms with E-state index in [1.54, 1.807) is 18.3 Å². The van der Waals surface area contributed by atoms with E-state index in [-0.39, 0.29) is 5.78 Å². The maximum absolute atomic E-state index is 12.4. The van der Waals surface area contributed by atoms with Crippen LogP contribution in [0.1, 0.15) is 35.1 Å². The van der Waals surface area contributed by atoms with Crippen molar-refractivity contribution >= 4 is 11.5 Å². The molecule has 0 aliphatic carbocycles. The number of ketones is 1. The minimum atomic E-state index is -0.0711. The van der Waals surface area contributed by atoms with E-state index >= 15 is 0 Å². The van der Waals surface area contributed by atoms with Crippen molar-refractivity contribution < 1.29 is 4.79 Å². The summed E-state index contributed by atoms with van der Waals surface area (Å²) in [6, 6.07) is 5.36. The number of nitrogen functional groups attached to an aromatic ring is 1. The molecule has 4 nitrogen and oxygen atoms in total. The van der Waals surface area contributed by atoms with Crippen LogP contribution in [0.3, 0.4) is 0 Å². The zero-order valence-corrected chi connectivity index (χ0v) is 10.7. The minimum Gasteiger partial charge on any atom is -0.399 e. The van der Waals surface area contributed by atoms with Crippen molar-refractivity contribution in [2.45, 2.75) is 26.8 Å². The van der Waals surface area contributed by atoms with E-state index < -0.39 is 0 Å². The maximum Gasteiger partial charge on any atom is 0.228 e. The second-order valence-corrected chi connectivity index (χ2v) is 4.35. The number of hydrogen-bond acceptors (Lipinski definition) is 3. The van der Waals surface area contributed by atoms with Crippen LogP contribution >= 0.6 is 0 Å². The average molecular weight is 243 g/mol. The molecule has 1 heterocycles. The van der Waals surface area contributed by atoms with Crippen molar-refractivity contribution in [3.63, 3.8) is 0 Å². The Bertz CT molecular complexity index is 572. The molecule has 18 heavy (non-hydrogen) atoms. The Morgan fingerprint density at radius 2 is 2.22 bits per heavy atom. The molecule has 0 bridgehead atoms. The van der Waals surface area contributed by atoms with Gasteiger partial charge in [-0.2, -0.15) is 0 Å². The Kier molecular flexibility index (Phi) is 3.46. The van der Waals surface area contributed by atoms with Crippen molar-refractivity contribution in [2.24, 2.45) is 0 Å². The summed E-state index contributed by atoms with van der Waals surface area (Å²) in [6.07, 6.45) is 4.45. The van der Waals surface area contributed by atoms with Crippen LogP contribution < -0.4 is 5.73 Å². The molecule has 2 aromatic rings. The van der Waals surface area contributed by atoms with Gasteiger partial charge >= 0.3 is 0 Å². The van der Waals surface area contributed by atoms with Gasteiger partial charge in [-0.3, -0.25) is 4.79 Å². The minimum absolute atomic E-state index is 0.0711. The summed E-state index contributed by atoms with van der Waals surface area (Å²) in [7, 11) is 0. The highest BCUT2D eigenvalue weighted by molar-refractivity contribution is 6.08. The number of rotatable bonds is 4. The third-order valence-corrected chi connectivity index (χ3v) is 2.89. The molecule has 0 aliphatic heterocycles. The predicted octanol–water partition coefficient (Wildman–Crippen LogP) is 2.41. The lowest BCUT2D eigenvalue weighted by atomic mass is 10.0. The number of hydrogen-bond donors (Lipinski definition) is 1. The smallest absolute Gasteiger partial charge is 0.228 e. The molecule has 1 aromatic heterocycles. The number of aromatic nitrogens is 2. The first kappa shape index (κ1) is 12.4. The van der Waals surface area contributed by atoms with E-state index in [1.807, 2.05) is 23.8 Å². The van der Waals surface area contributed by atoms with Crippen LogP contribution in [0.15, 0.2) is 30.6 Å². The number of benzene rings is 1. The summed E-state index contributed by atoms with van der Waals surface area (Å²) in [6.45, 7) is 4.77. The van der Waals surface area contributed by atoms with Crippen molar-refractivity contribution in [1.82, 2.24) is 9.55 Å². The van der Waals surface area contributed by atoms with Gasteiger partial charge in [-0.1, -0.05) is 13.0 Å². The van der Waals surface area contributed by atoms with Crippen molar-refractivity contribution in [3.05, 3.63) is 47.5 Å². The summed E-state index contributed by atoms with van der Waals surface area (Å²) < 4.78 is 1.88. The highest BCUT2D eigenvalue weighted by Crippen LogP contribution is 2.16. The normalized spacial score (nSPS) is 10.6. The van der Waals surface area contributed by atoms with E-state index in [1.165, 1.54) is 0 Å². The quantitative estimate of drug-likeness (QED) is 0.662. The third kappa shape index (κ3) is 2.27. The van der Waals surface area contributed by atoms with Crippen LogP contribution in [-0.4, -0.2) is 15.3 Å². The van der Waals surface area contributed by atoms with Crippen LogP contribution in [0.2, 0.25) is 0 Å². The molecular formula is C14H17N3O. The molecule has 1 aromatic carbocycles. The van der Waals surface area contributed by atoms with Crippen LogP contribution in [0.5, 0.6) is 0 Å². The summed E-state index contributed by atoms with van der Waals surface area (Å²) in [5.74, 6) is 0.406. The largest absolute Gasteiger partial charge is 0.399 e. The monoisotopic (exact) mass is 243 g/mol. The summed E-state index contributed by atoms with van der Waals surface area (Å²) in [5, 5.41) is 0. The van der Waals surface area contributed by atoms with E-state index in [0.717, 1.165) is 18.5 Å². The Morgan fingerprint density at radius 1 is 1.44 bits per heavy atom. The number of anilines is 1. The van der Waals surface area contributed by atoms with Gasteiger partial charge in [-0.05, 0) is 31.0 Å². The lowest BCUT2D eigenvalue weighted by molar-refractivity contribution is 0.102. The standard InChI is InChI=1S/C14H17N3O/c1-3-7-17-8-6-16-14(17)13(18)12-9-11(15)5-4-10(12)2/h4-6,8-9H,3,7,15H2,1-2H3. The van der Waals surface area contributed by atoms with Gasteiger partial charge in [0.2, 0.25) is 5.78 Å². The van der Waals surface area contributed by atoms with E-state index in [9.17, 15) is 4.79 Å². The van der Waals surface area contributed by atoms with E-state index in [0.29, 0.717) is 17.1 Å². The van der Waals surface area contributed by atoms with Gasteiger partial charge in [0.1, 0.15) is 0 Å². The van der Waals surface area contributed by atoms with Gasteiger partial charge in [0.25, 0.3) is 0 Å². The summed E-state index contributed by atoms with van der Waals surface area (Å²) in [5.41, 5.74) is 7.87. The van der Waals surface area contributed by atoms with E-state index in [2.05, 4.69) is 11.9 Å². The fraction of sp³-hybridized carbons (Fsp3) is 0.286. The van der Waals surface area contributed by atoms with Gasteiger partial charge < -0.3 is 10.3 Å². The third-order valence-electron chi connectivity index (χ3n) is 2.89. The maximum atomic E-state index is 12.4. The molecule has 0 spiro atoms. The fourth-order valence-electron chi connectivity index (χ4n) is 1.94. The molecule has 0 fully saturated rings. The van der Waals surface area contributed by atoms with Crippen LogP contribution in [0.25, 0.3) is 0 Å². The number of carbonyl (C=O) groups is 1. The van der Waals surface area contributed by atoms with Crippen LogP contribution in [-0.2, 0) is 6.54 Å². The lowest BCUT2D eigenvalue weighted by Crippen LogP contribution is -2.12. The molecule has 2 rings (SSSR count). The summed E-state index contributed by atoms with van der Waals surface area (Å²) in [4.78, 5) is 16.6. The molecule has 0 aliphatic rings. The highest BCUT2D eigenvalue weighted by Gasteiger charge is 2.17. The van der Waals surface area contributed by atoms with Crippen molar-refractivity contribution in [3.8, 4) is 0 Å². The van der Waals surface area contributed by atoms with Crippen LogP contribution in [0.4, 0.5) is 5.69 Å². The average Bonchev–Trinajstić information content (AvgIpc) is 2.80. The van der Waals surface area contributed by atoms with Crippen LogP contribution in [0, 0.1) is 6.92 Å². The van der Waals surface area contributed by atoms with Crippen molar-refractivity contribution in [2.75, 3.05) is 5.73 Å². The Morgan fingerprint density at radius 3 is 2.94 bits per heavy atom. The van der Waals surface area contributed by atoms with Gasteiger partial charge in [0, 0.05) is 30.2 Å². The Balaban J connectivity index is 2.41. The molecule has 94 valence electrons. The molecule has 0 saturated carbocycles. The molecule has 2 N–H and O–H groups in total. The zero-order chi connectivity index (χ0) is 13.1. The van der Waals surface area contributed by atoms with Gasteiger partial charge in [-0.25, -0.2) is 4.98 Å². The Labute approximate surface area is 106 Å². The van der Waals surface area contributed by atoms with Gasteiger partial charge in [0.15, 0.2) is 5.82 Å². The molecule has 0 amide bonds. The molecular weight excluding hydrogens is 226 g/mol. The summed E-state index contributed by atoms with van der Waals surface area (Å²) >= 11 is 0. The molecule has 0 saturated heterocycles. The number of nitrogens with zero attached hydrogens (tertiary/aromatic N) is 2. The second kappa shape index (κ2) is 5.04. The first-order valence-corrected chi connectivity index (χ1v) is 6.05. The molecule has 4 heteroatoms. The highest BCUT2D eigenvalue weighted by atomic mass is 16.1. The Hall–Kier alpha value is -2.10. The van der Waals surface area contributed by atoms with Crippen molar-refractivity contribution in [1.29, 1.82) is 0 Å². The topological polar surface area (TPSA) is 60.9 Å². The lowest BCUT2D eigenvalue weighted by Gasteiger charge is -2.08.